The fraction of sp³-hybridized carbons (Fsp3) is 0.412. The van der Waals surface area contributed by atoms with Crippen molar-refractivity contribution in [3.05, 3.63) is 39.9 Å². The van der Waals surface area contributed by atoms with Crippen molar-refractivity contribution < 1.29 is 9.53 Å². The Morgan fingerprint density at radius 3 is 2.92 bits per heavy atom. The van der Waals surface area contributed by atoms with E-state index in [0.29, 0.717) is 21.6 Å². The van der Waals surface area contributed by atoms with Gasteiger partial charge in [-0.05, 0) is 47.0 Å². The molecule has 24 heavy (non-hydrogen) atoms. The van der Waals surface area contributed by atoms with Crippen molar-refractivity contribution in [2.75, 3.05) is 7.11 Å². The minimum Gasteiger partial charge on any atom is -0.496 e. The Balaban J connectivity index is 1.95. The van der Waals surface area contributed by atoms with Crippen LogP contribution in [0.15, 0.2) is 22.7 Å². The Hall–Kier alpha value is -2.20. The number of hydrogen-bond donors (Lipinski definition) is 0. The maximum atomic E-state index is 12.8. The summed E-state index contributed by atoms with van der Waals surface area (Å²) < 4.78 is 7.79. The highest BCUT2D eigenvalue weighted by atomic mass is 79.9. The second-order valence-corrected chi connectivity index (χ2v) is 6.57. The van der Waals surface area contributed by atoms with E-state index in [1.54, 1.807) is 25.3 Å². The molecule has 0 unspecified atom stereocenters. The summed E-state index contributed by atoms with van der Waals surface area (Å²) in [5, 5.41) is 17.9. The smallest absolute Gasteiger partial charge is 0.187 e. The van der Waals surface area contributed by atoms with Gasteiger partial charge in [0.25, 0.3) is 0 Å². The average Bonchev–Trinajstić information content (AvgIpc) is 2.83. The lowest BCUT2D eigenvalue weighted by atomic mass is 9.98. The van der Waals surface area contributed by atoms with Crippen molar-refractivity contribution in [2.24, 2.45) is 0 Å². The van der Waals surface area contributed by atoms with Gasteiger partial charge in [0.1, 0.15) is 11.6 Å². The van der Waals surface area contributed by atoms with E-state index in [1.807, 2.05) is 4.57 Å². The molecule has 2 aromatic rings. The van der Waals surface area contributed by atoms with Gasteiger partial charge in [-0.2, -0.15) is 5.26 Å². The standard InChI is InChI=1S/C17H17BrN4O2/c1-24-14-7-6-11(9-13(14)18)16(23)12(10-19)17-21-20-15-5-3-2-4-8-22(15)17/h6-7,9,12H,2-5,8H2,1H3/t12-/m0/s1. The number of aryl methyl sites for hydroxylation is 1. The number of rotatable bonds is 4. The summed E-state index contributed by atoms with van der Waals surface area (Å²) in [6.07, 6.45) is 4.04. The summed E-state index contributed by atoms with van der Waals surface area (Å²) in [5.41, 5.74) is 0.445. The van der Waals surface area contributed by atoms with Crippen LogP contribution in [0.2, 0.25) is 0 Å². The topological polar surface area (TPSA) is 80.8 Å². The number of halogens is 1. The molecule has 0 radical (unpaired) electrons. The number of Topliss-reactive ketones (excluding diaryl/α,β-unsaturated/α-hetero) is 1. The molecule has 1 atom stereocenters. The van der Waals surface area contributed by atoms with Crippen molar-refractivity contribution in [1.29, 1.82) is 5.26 Å². The predicted octanol–water partition coefficient (Wildman–Crippen LogP) is 3.27. The largest absolute Gasteiger partial charge is 0.496 e. The van der Waals surface area contributed by atoms with Crippen molar-refractivity contribution in [3.63, 3.8) is 0 Å². The Labute approximate surface area is 148 Å². The summed E-state index contributed by atoms with van der Waals surface area (Å²) in [4.78, 5) is 12.8. The molecule has 0 fully saturated rings. The first-order valence-corrected chi connectivity index (χ1v) is 8.64. The van der Waals surface area contributed by atoms with E-state index in [2.05, 4.69) is 32.2 Å². The van der Waals surface area contributed by atoms with Crippen LogP contribution in [0.4, 0.5) is 0 Å². The zero-order valence-electron chi connectivity index (χ0n) is 13.3. The number of hydrogen-bond acceptors (Lipinski definition) is 5. The zero-order valence-corrected chi connectivity index (χ0v) is 14.9. The molecule has 0 bridgehead atoms. The highest BCUT2D eigenvalue weighted by molar-refractivity contribution is 9.10. The van der Waals surface area contributed by atoms with Crippen molar-refractivity contribution in [2.45, 2.75) is 38.1 Å². The number of carbonyl (C=O) groups is 1. The first-order valence-electron chi connectivity index (χ1n) is 7.85. The second-order valence-electron chi connectivity index (χ2n) is 5.71. The molecule has 0 saturated carbocycles. The van der Waals surface area contributed by atoms with Crippen LogP contribution >= 0.6 is 15.9 Å². The molecule has 0 spiro atoms. The Morgan fingerprint density at radius 1 is 1.38 bits per heavy atom. The molecule has 0 aliphatic carbocycles. The third kappa shape index (κ3) is 3.06. The van der Waals surface area contributed by atoms with Gasteiger partial charge in [-0.15, -0.1) is 10.2 Å². The van der Waals surface area contributed by atoms with Gasteiger partial charge in [0.15, 0.2) is 17.5 Å². The van der Waals surface area contributed by atoms with Crippen LogP contribution in [-0.4, -0.2) is 27.7 Å². The van der Waals surface area contributed by atoms with E-state index < -0.39 is 5.92 Å². The van der Waals surface area contributed by atoms with E-state index in [0.717, 1.165) is 38.1 Å². The van der Waals surface area contributed by atoms with Gasteiger partial charge in [-0.25, -0.2) is 0 Å². The van der Waals surface area contributed by atoms with Crippen molar-refractivity contribution in [3.8, 4) is 11.8 Å². The number of aromatic nitrogens is 3. The monoisotopic (exact) mass is 388 g/mol. The first-order chi connectivity index (χ1) is 11.7. The van der Waals surface area contributed by atoms with Crippen molar-refractivity contribution >= 4 is 21.7 Å². The number of benzene rings is 1. The second kappa shape index (κ2) is 7.14. The molecule has 1 aliphatic rings. The number of methoxy groups -OCH3 is 1. The molecular weight excluding hydrogens is 372 g/mol. The number of nitrogens with zero attached hydrogens (tertiary/aromatic N) is 4. The van der Waals surface area contributed by atoms with Crippen molar-refractivity contribution in [1.82, 2.24) is 14.8 Å². The van der Waals surface area contributed by atoms with Crippen LogP contribution in [0.1, 0.15) is 47.2 Å². The van der Waals surface area contributed by atoms with Crippen LogP contribution < -0.4 is 4.74 Å². The lowest BCUT2D eigenvalue weighted by molar-refractivity contribution is 0.0974. The Bertz CT molecular complexity index is 809. The summed E-state index contributed by atoms with van der Waals surface area (Å²) in [6, 6.07) is 7.14. The first kappa shape index (κ1) is 16.7. The molecule has 3 rings (SSSR count). The molecule has 1 aliphatic heterocycles. The van der Waals surface area contributed by atoms with Crippen LogP contribution in [0.3, 0.4) is 0 Å². The maximum absolute atomic E-state index is 12.8. The van der Waals surface area contributed by atoms with Crippen LogP contribution in [0.25, 0.3) is 0 Å². The molecule has 0 amide bonds. The maximum Gasteiger partial charge on any atom is 0.187 e. The number of nitriles is 1. The molecule has 1 aromatic carbocycles. The number of carbonyl (C=O) groups excluding carboxylic acids is 1. The summed E-state index contributed by atoms with van der Waals surface area (Å²) in [5.74, 6) is 0.721. The predicted molar refractivity (Wildman–Crippen MR) is 91.0 cm³/mol. The molecule has 0 saturated heterocycles. The summed E-state index contributed by atoms with van der Waals surface area (Å²) in [7, 11) is 1.56. The van der Waals surface area contributed by atoms with E-state index in [-0.39, 0.29) is 5.78 Å². The molecule has 2 heterocycles. The lowest BCUT2D eigenvalue weighted by Gasteiger charge is -2.12. The van der Waals surface area contributed by atoms with E-state index in [1.165, 1.54) is 0 Å². The highest BCUT2D eigenvalue weighted by Gasteiger charge is 2.29. The van der Waals surface area contributed by atoms with E-state index in [4.69, 9.17) is 4.74 Å². The highest BCUT2D eigenvalue weighted by Crippen LogP contribution is 2.29. The van der Waals surface area contributed by atoms with Crippen LogP contribution in [0.5, 0.6) is 5.75 Å². The Morgan fingerprint density at radius 2 is 2.21 bits per heavy atom. The fourth-order valence-electron chi connectivity index (χ4n) is 2.94. The SMILES string of the molecule is COc1ccc(C(=O)[C@H](C#N)c2nnc3n2CCCCC3)cc1Br. The molecule has 124 valence electrons. The van der Waals surface area contributed by atoms with Crippen LogP contribution in [0, 0.1) is 11.3 Å². The fourth-order valence-corrected chi connectivity index (χ4v) is 3.48. The zero-order chi connectivity index (χ0) is 17.1. The third-order valence-corrected chi connectivity index (χ3v) is 4.84. The van der Waals surface area contributed by atoms with Gasteiger partial charge < -0.3 is 9.30 Å². The van der Waals surface area contributed by atoms with Gasteiger partial charge in [-0.3, -0.25) is 4.79 Å². The van der Waals surface area contributed by atoms with Crippen LogP contribution in [-0.2, 0) is 13.0 Å². The lowest BCUT2D eigenvalue weighted by Crippen LogP contribution is -2.17. The molecule has 7 heteroatoms. The number of ketones is 1. The number of ether oxygens (including phenoxy) is 1. The van der Waals surface area contributed by atoms with Gasteiger partial charge in [-0.1, -0.05) is 6.42 Å². The summed E-state index contributed by atoms with van der Waals surface area (Å²) >= 11 is 3.37. The minimum atomic E-state index is -0.954. The molecule has 1 aromatic heterocycles. The third-order valence-electron chi connectivity index (χ3n) is 4.22. The average molecular weight is 389 g/mol. The van der Waals surface area contributed by atoms with Gasteiger partial charge in [0.2, 0.25) is 0 Å². The molecule has 0 N–H and O–H groups in total. The minimum absolute atomic E-state index is 0.277. The van der Waals surface area contributed by atoms with Gasteiger partial charge in [0.05, 0.1) is 17.7 Å². The Kier molecular flexibility index (Phi) is 4.95. The number of fused-ring (bicyclic) bond motifs is 1. The normalized spacial score (nSPS) is 15.0. The van der Waals surface area contributed by atoms with Gasteiger partial charge >= 0.3 is 0 Å². The quantitative estimate of drug-likeness (QED) is 0.750. The van der Waals surface area contributed by atoms with E-state index in [9.17, 15) is 10.1 Å². The van der Waals surface area contributed by atoms with Gasteiger partial charge in [0, 0.05) is 18.5 Å². The molecule has 6 nitrogen and oxygen atoms in total. The summed E-state index contributed by atoms with van der Waals surface area (Å²) in [6.45, 7) is 0.759. The molecular formula is C17H17BrN4O2. The van der Waals surface area contributed by atoms with E-state index >= 15 is 0 Å².